The summed E-state index contributed by atoms with van der Waals surface area (Å²) in [6, 6.07) is 0. The number of aliphatic hydroxyl groups excluding tert-OH is 1. The van der Waals surface area contributed by atoms with Crippen LogP contribution >= 0.6 is 11.8 Å². The van der Waals surface area contributed by atoms with Crippen LogP contribution in [0.4, 0.5) is 0 Å². The molecular formula is C8H18N2O2S. The molecule has 0 rings (SSSR count). The van der Waals surface area contributed by atoms with E-state index < -0.39 is 0 Å². The highest BCUT2D eigenvalue weighted by molar-refractivity contribution is 8.01. The Kier molecular flexibility index (Phi) is 5.90. The summed E-state index contributed by atoms with van der Waals surface area (Å²) in [5, 5.41) is 20.8. The van der Waals surface area contributed by atoms with Gasteiger partial charge in [0, 0.05) is 5.25 Å². The average Bonchev–Trinajstić information content (AvgIpc) is 2.12. The van der Waals surface area contributed by atoms with Crippen LogP contribution in [0.5, 0.6) is 0 Å². The molecule has 0 saturated heterocycles. The highest BCUT2D eigenvalue weighted by Crippen LogP contribution is 2.22. The number of oxime groups is 1. The van der Waals surface area contributed by atoms with Crippen LogP contribution in [0.2, 0.25) is 0 Å². The molecule has 0 aliphatic rings. The number of hydrogen-bond acceptors (Lipinski definition) is 4. The maximum absolute atomic E-state index is 9.26. The molecular weight excluding hydrogens is 188 g/mol. The fourth-order valence-electron chi connectivity index (χ4n) is 0.812. The van der Waals surface area contributed by atoms with Crippen LogP contribution in [0.1, 0.15) is 27.2 Å². The second kappa shape index (κ2) is 6.10. The largest absolute Gasteiger partial charge is 0.409 e. The van der Waals surface area contributed by atoms with Gasteiger partial charge in [0.05, 0.1) is 11.4 Å². The third kappa shape index (κ3) is 4.38. The van der Waals surface area contributed by atoms with Crippen LogP contribution in [0.15, 0.2) is 5.16 Å². The number of rotatable bonds is 5. The molecule has 0 aromatic heterocycles. The molecule has 0 fully saturated rings. The zero-order valence-electron chi connectivity index (χ0n) is 8.27. The van der Waals surface area contributed by atoms with Gasteiger partial charge in [0.15, 0.2) is 5.84 Å². The first-order chi connectivity index (χ1) is 6.02. The van der Waals surface area contributed by atoms with E-state index in [1.807, 2.05) is 13.8 Å². The molecule has 78 valence electrons. The van der Waals surface area contributed by atoms with E-state index in [-0.39, 0.29) is 22.4 Å². The third-order valence-electron chi connectivity index (χ3n) is 1.87. The predicted octanol–water partition coefficient (Wildman–Crippen LogP) is 1.01. The quantitative estimate of drug-likeness (QED) is 0.271. The first-order valence-electron chi connectivity index (χ1n) is 4.33. The van der Waals surface area contributed by atoms with Crippen LogP contribution in [-0.2, 0) is 0 Å². The lowest BCUT2D eigenvalue weighted by Gasteiger charge is -2.20. The molecule has 0 saturated carbocycles. The van der Waals surface area contributed by atoms with E-state index in [2.05, 4.69) is 5.16 Å². The van der Waals surface area contributed by atoms with Crippen LogP contribution in [0, 0.1) is 0 Å². The Labute approximate surface area is 83.2 Å². The summed E-state index contributed by atoms with van der Waals surface area (Å²) in [5.41, 5.74) is 5.47. The van der Waals surface area contributed by atoms with Crippen molar-refractivity contribution in [2.75, 3.05) is 0 Å². The van der Waals surface area contributed by atoms with Gasteiger partial charge in [-0.25, -0.2) is 0 Å². The monoisotopic (exact) mass is 206 g/mol. The molecule has 0 heterocycles. The topological polar surface area (TPSA) is 78.8 Å². The van der Waals surface area contributed by atoms with Crippen molar-refractivity contribution in [3.63, 3.8) is 0 Å². The molecule has 0 spiro atoms. The van der Waals surface area contributed by atoms with Gasteiger partial charge in [-0.3, -0.25) is 0 Å². The number of nitrogens with two attached hydrogens (primary N) is 1. The SMILES string of the molecule is CCC(SC(C)C(C)O)C(N)=NO. The van der Waals surface area contributed by atoms with Gasteiger partial charge < -0.3 is 16.0 Å². The highest BCUT2D eigenvalue weighted by atomic mass is 32.2. The van der Waals surface area contributed by atoms with Crippen molar-refractivity contribution in [1.82, 2.24) is 0 Å². The van der Waals surface area contributed by atoms with Crippen molar-refractivity contribution in [3.05, 3.63) is 0 Å². The van der Waals surface area contributed by atoms with Gasteiger partial charge in [0.1, 0.15) is 0 Å². The minimum atomic E-state index is -0.384. The van der Waals surface area contributed by atoms with Crippen LogP contribution in [0.3, 0.4) is 0 Å². The van der Waals surface area contributed by atoms with Crippen LogP contribution in [-0.4, -0.2) is 32.8 Å². The second-order valence-corrected chi connectivity index (χ2v) is 4.59. The zero-order valence-corrected chi connectivity index (χ0v) is 9.08. The molecule has 3 unspecified atom stereocenters. The number of hydrogen-bond donors (Lipinski definition) is 3. The van der Waals surface area contributed by atoms with E-state index in [0.29, 0.717) is 0 Å². The maximum Gasteiger partial charge on any atom is 0.152 e. The Bertz CT molecular complexity index is 174. The standard InChI is InChI=1S/C8H18N2O2S/c1-4-7(8(9)10-12)13-6(3)5(2)11/h5-7,11-12H,4H2,1-3H3,(H2,9,10). The molecule has 0 aromatic carbocycles. The van der Waals surface area contributed by atoms with Crippen molar-refractivity contribution < 1.29 is 10.3 Å². The van der Waals surface area contributed by atoms with E-state index in [0.717, 1.165) is 6.42 Å². The molecule has 3 atom stereocenters. The highest BCUT2D eigenvalue weighted by Gasteiger charge is 2.18. The lowest BCUT2D eigenvalue weighted by atomic mass is 10.3. The summed E-state index contributed by atoms with van der Waals surface area (Å²) in [4.78, 5) is 0. The molecule has 0 aromatic rings. The Balaban J connectivity index is 4.13. The summed E-state index contributed by atoms with van der Waals surface area (Å²) in [5.74, 6) is 0.222. The van der Waals surface area contributed by atoms with Gasteiger partial charge >= 0.3 is 0 Å². The molecule has 0 bridgehead atoms. The van der Waals surface area contributed by atoms with Gasteiger partial charge in [0.2, 0.25) is 0 Å². The van der Waals surface area contributed by atoms with Crippen molar-refractivity contribution in [3.8, 4) is 0 Å². The van der Waals surface area contributed by atoms with Gasteiger partial charge in [-0.15, -0.1) is 11.8 Å². The number of nitrogens with zero attached hydrogens (tertiary/aromatic N) is 1. The third-order valence-corrected chi connectivity index (χ3v) is 3.60. The smallest absolute Gasteiger partial charge is 0.152 e. The van der Waals surface area contributed by atoms with Gasteiger partial charge in [0.25, 0.3) is 0 Å². The minimum absolute atomic E-state index is 0.0189. The molecule has 0 aliphatic heterocycles. The first kappa shape index (κ1) is 12.6. The normalized spacial score (nSPS) is 19.5. The molecule has 13 heavy (non-hydrogen) atoms. The maximum atomic E-state index is 9.26. The zero-order chi connectivity index (χ0) is 10.4. The molecule has 0 aliphatic carbocycles. The molecule has 4 nitrogen and oxygen atoms in total. The molecule has 0 amide bonds. The lowest BCUT2D eigenvalue weighted by molar-refractivity contribution is 0.196. The predicted molar refractivity (Wildman–Crippen MR) is 56.2 cm³/mol. The van der Waals surface area contributed by atoms with Crippen molar-refractivity contribution >= 4 is 17.6 Å². The molecule has 5 heteroatoms. The first-order valence-corrected chi connectivity index (χ1v) is 5.28. The summed E-state index contributed by atoms with van der Waals surface area (Å²) < 4.78 is 0. The van der Waals surface area contributed by atoms with Crippen molar-refractivity contribution in [2.45, 2.75) is 43.8 Å². The fraction of sp³-hybridized carbons (Fsp3) is 0.875. The van der Waals surface area contributed by atoms with Gasteiger partial charge in [-0.2, -0.15) is 0 Å². The van der Waals surface area contributed by atoms with Gasteiger partial charge in [-0.1, -0.05) is 19.0 Å². The fourth-order valence-corrected chi connectivity index (χ4v) is 1.94. The molecule has 0 radical (unpaired) electrons. The summed E-state index contributed by atoms with van der Waals surface area (Å²) in [6.45, 7) is 5.61. The average molecular weight is 206 g/mol. The number of thioether (sulfide) groups is 1. The number of amidine groups is 1. The van der Waals surface area contributed by atoms with Crippen molar-refractivity contribution in [2.24, 2.45) is 10.9 Å². The van der Waals surface area contributed by atoms with E-state index in [1.165, 1.54) is 11.8 Å². The second-order valence-electron chi connectivity index (χ2n) is 3.00. The Hall–Kier alpha value is -0.420. The lowest BCUT2D eigenvalue weighted by Crippen LogP contribution is -2.29. The summed E-state index contributed by atoms with van der Waals surface area (Å²) in [6.07, 6.45) is 0.406. The van der Waals surface area contributed by atoms with E-state index in [9.17, 15) is 5.11 Å². The summed E-state index contributed by atoms with van der Waals surface area (Å²) >= 11 is 1.52. The van der Waals surface area contributed by atoms with Crippen LogP contribution in [0.25, 0.3) is 0 Å². The Morgan fingerprint density at radius 3 is 2.38 bits per heavy atom. The number of aliphatic hydroxyl groups is 1. The molecule has 4 N–H and O–H groups in total. The van der Waals surface area contributed by atoms with Crippen molar-refractivity contribution in [1.29, 1.82) is 0 Å². The Morgan fingerprint density at radius 1 is 1.54 bits per heavy atom. The summed E-state index contributed by atoms with van der Waals surface area (Å²) in [7, 11) is 0. The Morgan fingerprint density at radius 2 is 2.08 bits per heavy atom. The minimum Gasteiger partial charge on any atom is -0.409 e. The van der Waals surface area contributed by atoms with E-state index >= 15 is 0 Å². The van der Waals surface area contributed by atoms with E-state index in [1.54, 1.807) is 6.92 Å². The van der Waals surface area contributed by atoms with Crippen LogP contribution < -0.4 is 5.73 Å². The van der Waals surface area contributed by atoms with E-state index in [4.69, 9.17) is 10.9 Å². The van der Waals surface area contributed by atoms with Gasteiger partial charge in [-0.05, 0) is 13.3 Å².